The summed E-state index contributed by atoms with van der Waals surface area (Å²) in [6.07, 6.45) is 5.02. The van der Waals surface area contributed by atoms with Crippen LogP contribution in [0.2, 0.25) is 0 Å². The van der Waals surface area contributed by atoms with Gasteiger partial charge in [0, 0.05) is 6.54 Å². The fourth-order valence-electron chi connectivity index (χ4n) is 3.68. The Morgan fingerprint density at radius 2 is 1.93 bits per heavy atom. The van der Waals surface area contributed by atoms with Gasteiger partial charge in [-0.05, 0) is 60.5 Å². The van der Waals surface area contributed by atoms with Crippen LogP contribution in [0.3, 0.4) is 0 Å². The molecule has 27 heavy (non-hydrogen) atoms. The summed E-state index contributed by atoms with van der Waals surface area (Å²) in [5, 5.41) is 7.41. The van der Waals surface area contributed by atoms with E-state index >= 15 is 0 Å². The highest BCUT2D eigenvalue weighted by atomic mass is 32.1. The van der Waals surface area contributed by atoms with Gasteiger partial charge >= 0.3 is 0 Å². The van der Waals surface area contributed by atoms with E-state index in [9.17, 15) is 4.79 Å². The summed E-state index contributed by atoms with van der Waals surface area (Å²) in [5.41, 5.74) is 1.77. The molecule has 0 unspecified atom stereocenters. The van der Waals surface area contributed by atoms with Crippen molar-refractivity contribution in [3.05, 3.63) is 46.2 Å². The van der Waals surface area contributed by atoms with E-state index in [0.717, 1.165) is 13.1 Å². The lowest BCUT2D eigenvalue weighted by Crippen LogP contribution is -2.38. The van der Waals surface area contributed by atoms with Gasteiger partial charge in [-0.15, -0.1) is 0 Å². The van der Waals surface area contributed by atoms with Gasteiger partial charge in [0.2, 0.25) is 0 Å². The fraction of sp³-hybridized carbons (Fsp3) is 0.476. The Morgan fingerprint density at radius 3 is 2.56 bits per heavy atom. The normalized spacial score (nSPS) is 16.4. The van der Waals surface area contributed by atoms with Crippen LogP contribution in [0, 0.1) is 0 Å². The van der Waals surface area contributed by atoms with Crippen LogP contribution < -0.4 is 14.8 Å². The van der Waals surface area contributed by atoms with Crippen molar-refractivity contribution in [2.24, 2.45) is 0 Å². The summed E-state index contributed by atoms with van der Waals surface area (Å²) in [6.45, 7) is 2.74. The van der Waals surface area contributed by atoms with Crippen molar-refractivity contribution in [1.29, 1.82) is 0 Å². The van der Waals surface area contributed by atoms with Crippen LogP contribution in [0.1, 0.15) is 47.6 Å². The van der Waals surface area contributed by atoms with Crippen molar-refractivity contribution in [3.63, 3.8) is 0 Å². The molecule has 0 spiro atoms. The molecular formula is C21H28N2O3S. The first-order chi connectivity index (χ1) is 13.2. The van der Waals surface area contributed by atoms with E-state index in [0.29, 0.717) is 23.6 Å². The number of likely N-dealkylation sites (tertiary alicyclic amines) is 1. The highest BCUT2D eigenvalue weighted by Crippen LogP contribution is 2.31. The van der Waals surface area contributed by atoms with Crippen molar-refractivity contribution < 1.29 is 14.3 Å². The van der Waals surface area contributed by atoms with Gasteiger partial charge in [0.15, 0.2) is 11.5 Å². The number of nitrogens with zero attached hydrogens (tertiary/aromatic N) is 1. The molecular weight excluding hydrogens is 360 g/mol. The molecule has 1 atom stereocenters. The zero-order valence-corrected chi connectivity index (χ0v) is 16.9. The van der Waals surface area contributed by atoms with Crippen LogP contribution in [0.5, 0.6) is 11.5 Å². The third kappa shape index (κ3) is 4.82. The summed E-state index contributed by atoms with van der Waals surface area (Å²) in [5.74, 6) is 0.896. The summed E-state index contributed by atoms with van der Waals surface area (Å²) < 4.78 is 10.7. The summed E-state index contributed by atoms with van der Waals surface area (Å²) >= 11 is 1.70. The van der Waals surface area contributed by atoms with Gasteiger partial charge in [-0.1, -0.05) is 18.9 Å². The first kappa shape index (κ1) is 19.7. The minimum atomic E-state index is -0.138. The number of ether oxygens (including phenoxy) is 2. The van der Waals surface area contributed by atoms with Gasteiger partial charge in [-0.25, -0.2) is 0 Å². The van der Waals surface area contributed by atoms with Crippen LogP contribution >= 0.6 is 11.3 Å². The Balaban J connectivity index is 1.74. The number of thiophene rings is 1. The van der Waals surface area contributed by atoms with Crippen LogP contribution in [0.4, 0.5) is 0 Å². The molecule has 6 heteroatoms. The monoisotopic (exact) mass is 388 g/mol. The van der Waals surface area contributed by atoms with Crippen molar-refractivity contribution in [2.45, 2.75) is 31.7 Å². The molecule has 1 N–H and O–H groups in total. The Bertz CT molecular complexity index is 725. The lowest BCUT2D eigenvalue weighted by Gasteiger charge is -2.30. The maximum atomic E-state index is 12.9. The van der Waals surface area contributed by atoms with E-state index in [-0.39, 0.29) is 11.9 Å². The zero-order chi connectivity index (χ0) is 19.1. The molecule has 1 aliphatic rings. The first-order valence-corrected chi connectivity index (χ1v) is 10.4. The largest absolute Gasteiger partial charge is 0.493 e. The predicted molar refractivity (Wildman–Crippen MR) is 109 cm³/mol. The molecule has 146 valence electrons. The van der Waals surface area contributed by atoms with E-state index in [1.54, 1.807) is 43.8 Å². The molecule has 1 saturated heterocycles. The number of methoxy groups -OCH3 is 2. The smallest absolute Gasteiger partial charge is 0.255 e. The Labute approximate surface area is 165 Å². The molecule has 1 aliphatic heterocycles. The molecule has 0 saturated carbocycles. The van der Waals surface area contributed by atoms with Gasteiger partial charge in [-0.2, -0.15) is 11.3 Å². The number of benzene rings is 1. The lowest BCUT2D eigenvalue weighted by atomic mass is 10.1. The van der Waals surface area contributed by atoms with E-state index in [2.05, 4.69) is 27.0 Å². The van der Waals surface area contributed by atoms with Gasteiger partial charge in [-0.3, -0.25) is 9.69 Å². The molecule has 2 aromatic rings. The summed E-state index contributed by atoms with van der Waals surface area (Å²) in [7, 11) is 3.13. The van der Waals surface area contributed by atoms with Crippen LogP contribution in [0.25, 0.3) is 0 Å². The molecule has 0 bridgehead atoms. The lowest BCUT2D eigenvalue weighted by molar-refractivity contribution is 0.0929. The molecule has 2 heterocycles. The quantitative estimate of drug-likeness (QED) is 0.775. The number of carbonyl (C=O) groups is 1. The van der Waals surface area contributed by atoms with E-state index in [1.165, 1.54) is 31.2 Å². The standard InChI is InChI=1S/C21H28N2O3S/c1-25-19-9-7-8-17(20(19)26-2)21(24)22-14-18(16-10-13-27-15-16)23-11-5-3-4-6-12-23/h7-10,13,15,18H,3-6,11-12,14H2,1-2H3,(H,22,24)/t18-/m1/s1. The average Bonchev–Trinajstić information content (AvgIpc) is 3.10. The molecule has 5 nitrogen and oxygen atoms in total. The number of para-hydroxylation sites is 1. The predicted octanol–water partition coefficient (Wildman–Crippen LogP) is 4.11. The summed E-state index contributed by atoms with van der Waals surface area (Å²) in [6, 6.07) is 7.73. The molecule has 1 aromatic carbocycles. The SMILES string of the molecule is COc1cccc(C(=O)NC[C@H](c2ccsc2)N2CCCCCC2)c1OC. The third-order valence-electron chi connectivity index (χ3n) is 5.11. The van der Waals surface area contributed by atoms with Crippen molar-refractivity contribution >= 4 is 17.2 Å². The topological polar surface area (TPSA) is 50.8 Å². The first-order valence-electron chi connectivity index (χ1n) is 9.50. The highest BCUT2D eigenvalue weighted by Gasteiger charge is 2.24. The van der Waals surface area contributed by atoms with Crippen molar-refractivity contribution in [2.75, 3.05) is 33.9 Å². The van der Waals surface area contributed by atoms with Crippen LogP contribution in [-0.2, 0) is 0 Å². The zero-order valence-electron chi connectivity index (χ0n) is 16.1. The number of carbonyl (C=O) groups excluding carboxylic acids is 1. The van der Waals surface area contributed by atoms with Gasteiger partial charge < -0.3 is 14.8 Å². The van der Waals surface area contributed by atoms with Gasteiger partial charge in [0.1, 0.15) is 0 Å². The maximum Gasteiger partial charge on any atom is 0.255 e. The van der Waals surface area contributed by atoms with Crippen molar-refractivity contribution in [1.82, 2.24) is 10.2 Å². The Morgan fingerprint density at radius 1 is 1.15 bits per heavy atom. The fourth-order valence-corrected chi connectivity index (χ4v) is 4.39. The number of nitrogens with one attached hydrogen (secondary N) is 1. The second-order valence-electron chi connectivity index (χ2n) is 6.77. The van der Waals surface area contributed by atoms with Crippen molar-refractivity contribution in [3.8, 4) is 11.5 Å². The molecule has 0 radical (unpaired) electrons. The Hall–Kier alpha value is -2.05. The van der Waals surface area contributed by atoms with Gasteiger partial charge in [0.25, 0.3) is 5.91 Å². The highest BCUT2D eigenvalue weighted by molar-refractivity contribution is 7.07. The Kier molecular flexibility index (Phi) is 7.12. The number of hydrogen-bond donors (Lipinski definition) is 1. The molecule has 3 rings (SSSR count). The molecule has 1 aromatic heterocycles. The number of amides is 1. The second-order valence-corrected chi connectivity index (χ2v) is 7.55. The third-order valence-corrected chi connectivity index (χ3v) is 5.81. The van der Waals surface area contributed by atoms with E-state index < -0.39 is 0 Å². The molecule has 1 fully saturated rings. The van der Waals surface area contributed by atoms with Crippen LogP contribution in [0.15, 0.2) is 35.0 Å². The second kappa shape index (κ2) is 9.76. The van der Waals surface area contributed by atoms with E-state index in [1.807, 2.05) is 0 Å². The molecule has 1 amide bonds. The van der Waals surface area contributed by atoms with E-state index in [4.69, 9.17) is 9.47 Å². The average molecular weight is 389 g/mol. The molecule has 0 aliphatic carbocycles. The minimum Gasteiger partial charge on any atom is -0.493 e. The minimum absolute atomic E-state index is 0.138. The maximum absolute atomic E-state index is 12.9. The number of rotatable bonds is 7. The number of hydrogen-bond acceptors (Lipinski definition) is 5. The van der Waals surface area contributed by atoms with Crippen LogP contribution in [-0.4, -0.2) is 44.7 Å². The van der Waals surface area contributed by atoms with Gasteiger partial charge in [0.05, 0.1) is 25.8 Å². The summed E-state index contributed by atoms with van der Waals surface area (Å²) in [4.78, 5) is 15.4.